The van der Waals surface area contributed by atoms with Crippen molar-refractivity contribution in [3.05, 3.63) is 29.6 Å². The van der Waals surface area contributed by atoms with Crippen LogP contribution in [0.25, 0.3) is 0 Å². The maximum atomic E-state index is 13.2. The third-order valence-electron chi connectivity index (χ3n) is 5.41. The molecule has 1 saturated heterocycles. The predicted molar refractivity (Wildman–Crippen MR) is 120 cm³/mol. The Kier molecular flexibility index (Phi) is 6.90. The molecule has 2 heterocycles. The highest BCUT2D eigenvalue weighted by atomic mass is 32.2. The lowest BCUT2D eigenvalue weighted by atomic mass is 10.2. The first-order valence-corrected chi connectivity index (χ1v) is 11.9. The van der Waals surface area contributed by atoms with Crippen LogP contribution < -0.4 is 15.4 Å². The summed E-state index contributed by atoms with van der Waals surface area (Å²) in [6, 6.07) is 4.31. The fraction of sp³-hybridized carbons (Fsp3) is 0.524. The van der Waals surface area contributed by atoms with Crippen LogP contribution in [0.3, 0.4) is 0 Å². The van der Waals surface area contributed by atoms with Crippen molar-refractivity contribution in [1.29, 1.82) is 0 Å². The van der Waals surface area contributed by atoms with Gasteiger partial charge >= 0.3 is 6.03 Å². The number of anilines is 2. The molecule has 9 nitrogen and oxygen atoms in total. The standard InChI is InChI=1S/C21H31N5O4S/c1-14(2)26-16(4)20(15(3)24-26)23-21(27)22-17-9-10-18(30-5)19(13-17)31(28,29)25-11-7-6-8-12-25/h9-10,13-14H,6-8,11-12H2,1-5H3,(H2,22,23,27). The molecule has 0 unspecified atom stereocenters. The smallest absolute Gasteiger partial charge is 0.323 e. The second kappa shape index (κ2) is 9.27. The zero-order valence-electron chi connectivity index (χ0n) is 18.7. The lowest BCUT2D eigenvalue weighted by Crippen LogP contribution is -2.35. The van der Waals surface area contributed by atoms with Crippen LogP contribution in [0.1, 0.15) is 50.5 Å². The van der Waals surface area contributed by atoms with Crippen LogP contribution in [-0.2, 0) is 10.0 Å². The van der Waals surface area contributed by atoms with Crippen molar-refractivity contribution < 1.29 is 17.9 Å². The topological polar surface area (TPSA) is 106 Å². The Hall–Kier alpha value is -2.59. The van der Waals surface area contributed by atoms with Gasteiger partial charge in [0, 0.05) is 24.8 Å². The highest BCUT2D eigenvalue weighted by Gasteiger charge is 2.29. The van der Waals surface area contributed by atoms with Crippen LogP contribution in [0.15, 0.2) is 23.1 Å². The summed E-state index contributed by atoms with van der Waals surface area (Å²) < 4.78 is 34.9. The van der Waals surface area contributed by atoms with Crippen molar-refractivity contribution in [3.8, 4) is 5.75 Å². The minimum Gasteiger partial charge on any atom is -0.495 e. The number of rotatable bonds is 6. The summed E-state index contributed by atoms with van der Waals surface area (Å²) in [6.45, 7) is 8.74. The lowest BCUT2D eigenvalue weighted by molar-refractivity contribution is 0.262. The van der Waals surface area contributed by atoms with Crippen molar-refractivity contribution in [3.63, 3.8) is 0 Å². The molecule has 0 bridgehead atoms. The minimum atomic E-state index is -3.72. The molecule has 31 heavy (non-hydrogen) atoms. The first kappa shape index (κ1) is 23.1. The summed E-state index contributed by atoms with van der Waals surface area (Å²) in [4.78, 5) is 12.7. The molecule has 10 heteroatoms. The summed E-state index contributed by atoms with van der Waals surface area (Å²) in [6.07, 6.45) is 2.70. The Balaban J connectivity index is 1.83. The molecule has 2 aromatic rings. The minimum absolute atomic E-state index is 0.0506. The number of nitrogens with zero attached hydrogens (tertiary/aromatic N) is 3. The van der Waals surface area contributed by atoms with Crippen molar-refractivity contribution in [2.24, 2.45) is 0 Å². The van der Waals surface area contributed by atoms with E-state index in [1.54, 1.807) is 12.1 Å². The molecular weight excluding hydrogens is 418 g/mol. The monoisotopic (exact) mass is 449 g/mol. The number of nitrogens with one attached hydrogen (secondary N) is 2. The second-order valence-electron chi connectivity index (χ2n) is 7.99. The number of ether oxygens (including phenoxy) is 1. The Morgan fingerprint density at radius 2 is 1.81 bits per heavy atom. The molecule has 0 aliphatic carbocycles. The number of hydrogen-bond donors (Lipinski definition) is 2. The molecule has 1 aromatic carbocycles. The molecule has 1 aromatic heterocycles. The number of hydrogen-bond acceptors (Lipinski definition) is 5. The molecule has 2 amide bonds. The van der Waals surface area contributed by atoms with E-state index in [1.807, 2.05) is 32.4 Å². The van der Waals surface area contributed by atoms with Crippen LogP contribution in [-0.4, -0.2) is 48.7 Å². The molecule has 1 fully saturated rings. The number of carbonyl (C=O) groups is 1. The van der Waals surface area contributed by atoms with Gasteiger partial charge < -0.3 is 15.4 Å². The maximum absolute atomic E-state index is 13.2. The van der Waals surface area contributed by atoms with Crippen molar-refractivity contribution in [2.75, 3.05) is 30.8 Å². The van der Waals surface area contributed by atoms with Gasteiger partial charge in [-0.05, 0) is 58.7 Å². The number of carbonyl (C=O) groups excluding carboxylic acids is 1. The van der Waals surface area contributed by atoms with E-state index in [4.69, 9.17) is 4.74 Å². The SMILES string of the molecule is COc1ccc(NC(=O)Nc2c(C)nn(C(C)C)c2C)cc1S(=O)(=O)N1CCCCC1. The molecule has 3 rings (SSSR count). The van der Waals surface area contributed by atoms with Gasteiger partial charge in [-0.3, -0.25) is 4.68 Å². The molecule has 1 aliphatic rings. The van der Waals surface area contributed by atoms with Crippen LogP contribution in [0, 0.1) is 13.8 Å². The van der Waals surface area contributed by atoms with E-state index in [2.05, 4.69) is 15.7 Å². The third-order valence-corrected chi connectivity index (χ3v) is 7.33. The Morgan fingerprint density at radius 3 is 2.39 bits per heavy atom. The van der Waals surface area contributed by atoms with Crippen molar-refractivity contribution in [1.82, 2.24) is 14.1 Å². The average molecular weight is 450 g/mol. The van der Waals surface area contributed by atoms with Gasteiger partial charge in [-0.1, -0.05) is 6.42 Å². The highest BCUT2D eigenvalue weighted by Crippen LogP contribution is 2.31. The number of methoxy groups -OCH3 is 1. The molecule has 1 aliphatic heterocycles. The normalized spacial score (nSPS) is 15.2. The van der Waals surface area contributed by atoms with E-state index in [1.165, 1.54) is 17.5 Å². The molecule has 0 saturated carbocycles. The predicted octanol–water partition coefficient (Wildman–Crippen LogP) is 3.91. The first-order valence-electron chi connectivity index (χ1n) is 10.5. The quantitative estimate of drug-likeness (QED) is 0.696. The molecule has 2 N–H and O–H groups in total. The summed E-state index contributed by atoms with van der Waals surface area (Å²) in [7, 11) is -2.29. The second-order valence-corrected chi connectivity index (χ2v) is 9.90. The number of aryl methyl sites for hydroxylation is 1. The van der Waals surface area contributed by atoms with E-state index in [0.29, 0.717) is 30.2 Å². The van der Waals surface area contributed by atoms with Gasteiger partial charge in [0.05, 0.1) is 24.2 Å². The fourth-order valence-corrected chi connectivity index (χ4v) is 5.52. The molecule has 170 valence electrons. The van der Waals surface area contributed by atoms with Gasteiger partial charge in [0.2, 0.25) is 10.0 Å². The number of piperidine rings is 1. The summed E-state index contributed by atoms with van der Waals surface area (Å²) >= 11 is 0. The molecular formula is C21H31N5O4S. The van der Waals surface area contributed by atoms with Gasteiger partial charge in [0.15, 0.2) is 0 Å². The fourth-order valence-electron chi connectivity index (χ4n) is 3.82. The Bertz CT molecular complexity index is 1060. The van der Waals surface area contributed by atoms with Gasteiger partial charge in [-0.15, -0.1) is 0 Å². The summed E-state index contributed by atoms with van der Waals surface area (Å²) in [5.74, 6) is 0.251. The average Bonchev–Trinajstić information content (AvgIpc) is 3.02. The summed E-state index contributed by atoms with van der Waals surface area (Å²) in [5, 5.41) is 10.0. The van der Waals surface area contributed by atoms with Gasteiger partial charge in [0.1, 0.15) is 10.6 Å². The van der Waals surface area contributed by atoms with Crippen molar-refractivity contribution in [2.45, 2.75) is 57.9 Å². The third kappa shape index (κ3) is 4.85. The number of benzene rings is 1. The van der Waals surface area contributed by atoms with Crippen LogP contribution in [0.2, 0.25) is 0 Å². The maximum Gasteiger partial charge on any atom is 0.323 e. The zero-order chi connectivity index (χ0) is 22.8. The summed E-state index contributed by atoms with van der Waals surface area (Å²) in [5.41, 5.74) is 2.57. The highest BCUT2D eigenvalue weighted by molar-refractivity contribution is 7.89. The van der Waals surface area contributed by atoms with Gasteiger partial charge in [0.25, 0.3) is 0 Å². The van der Waals surface area contributed by atoms with E-state index >= 15 is 0 Å². The first-order chi connectivity index (χ1) is 14.6. The molecule has 0 spiro atoms. The number of aromatic nitrogens is 2. The van der Waals surface area contributed by atoms with Crippen LogP contribution >= 0.6 is 0 Å². The van der Waals surface area contributed by atoms with Gasteiger partial charge in [-0.2, -0.15) is 9.40 Å². The Labute approximate surface area is 183 Å². The van der Waals surface area contributed by atoms with Crippen LogP contribution in [0.4, 0.5) is 16.2 Å². The number of amides is 2. The number of urea groups is 1. The van der Waals surface area contributed by atoms with Crippen LogP contribution in [0.5, 0.6) is 5.75 Å². The zero-order valence-corrected chi connectivity index (χ0v) is 19.5. The number of sulfonamides is 1. The van der Waals surface area contributed by atoms with E-state index in [9.17, 15) is 13.2 Å². The van der Waals surface area contributed by atoms with Crippen molar-refractivity contribution >= 4 is 27.4 Å². The van der Waals surface area contributed by atoms with E-state index < -0.39 is 16.1 Å². The Morgan fingerprint density at radius 1 is 1.13 bits per heavy atom. The molecule has 0 atom stereocenters. The van der Waals surface area contributed by atoms with E-state index in [0.717, 1.165) is 25.0 Å². The largest absolute Gasteiger partial charge is 0.495 e. The lowest BCUT2D eigenvalue weighted by Gasteiger charge is -2.26. The van der Waals surface area contributed by atoms with E-state index in [-0.39, 0.29) is 16.7 Å². The molecule has 0 radical (unpaired) electrons. The van der Waals surface area contributed by atoms with Gasteiger partial charge in [-0.25, -0.2) is 13.2 Å².